The summed E-state index contributed by atoms with van der Waals surface area (Å²) < 4.78 is 10.8. The highest BCUT2D eigenvalue weighted by Crippen LogP contribution is 2.32. The molecule has 0 radical (unpaired) electrons. The third-order valence-electron chi connectivity index (χ3n) is 3.31. The Morgan fingerprint density at radius 3 is 2.92 bits per heavy atom. The molecule has 1 aliphatic heterocycles. The lowest BCUT2D eigenvalue weighted by Gasteiger charge is -2.09. The van der Waals surface area contributed by atoms with Crippen LogP contribution in [-0.2, 0) is 4.79 Å². The highest BCUT2D eigenvalue weighted by atomic mass is 32.2. The summed E-state index contributed by atoms with van der Waals surface area (Å²) in [5.41, 5.74) is 1.54. The molecular formula is C18H17N3O3S. The minimum atomic E-state index is -0.180. The average molecular weight is 355 g/mol. The zero-order chi connectivity index (χ0) is 17.6. The predicted molar refractivity (Wildman–Crippen MR) is 99.2 cm³/mol. The monoisotopic (exact) mass is 355 g/mol. The Kier molecular flexibility index (Phi) is 5.35. The number of hydrogen-bond donors (Lipinski definition) is 1. The number of methoxy groups -OCH3 is 1. The van der Waals surface area contributed by atoms with E-state index in [4.69, 9.17) is 9.47 Å². The van der Waals surface area contributed by atoms with Gasteiger partial charge in [-0.05, 0) is 54.6 Å². The van der Waals surface area contributed by atoms with Crippen LogP contribution in [-0.4, -0.2) is 29.8 Å². The quantitative estimate of drug-likeness (QED) is 0.833. The van der Waals surface area contributed by atoms with Gasteiger partial charge >= 0.3 is 0 Å². The van der Waals surface area contributed by atoms with Crippen LogP contribution < -0.4 is 14.8 Å². The van der Waals surface area contributed by atoms with Gasteiger partial charge in [0.2, 0.25) is 0 Å². The molecule has 1 aromatic carbocycles. The maximum absolute atomic E-state index is 12.2. The molecule has 0 saturated carbocycles. The van der Waals surface area contributed by atoms with E-state index in [1.54, 1.807) is 31.6 Å². The summed E-state index contributed by atoms with van der Waals surface area (Å²) in [6.07, 6.45) is 5.11. The number of carbonyl (C=O) groups is 1. The number of thioether (sulfide) groups is 1. The van der Waals surface area contributed by atoms with Crippen LogP contribution in [0.2, 0.25) is 0 Å². The highest BCUT2D eigenvalue weighted by Gasteiger charge is 2.24. The SMILES string of the molecule is CCOc1ccc(/C=C2\SC(=Nc3cccnc3)NC2=O)cc1OC. The van der Waals surface area contributed by atoms with E-state index < -0.39 is 0 Å². The van der Waals surface area contributed by atoms with Crippen LogP contribution in [0.25, 0.3) is 6.08 Å². The van der Waals surface area contributed by atoms with Gasteiger partial charge < -0.3 is 14.8 Å². The molecule has 0 bridgehead atoms. The highest BCUT2D eigenvalue weighted by molar-refractivity contribution is 8.18. The van der Waals surface area contributed by atoms with Crippen molar-refractivity contribution >= 4 is 34.6 Å². The van der Waals surface area contributed by atoms with Crippen LogP contribution in [0.15, 0.2) is 52.6 Å². The number of benzene rings is 1. The van der Waals surface area contributed by atoms with Crippen molar-refractivity contribution in [2.24, 2.45) is 4.99 Å². The van der Waals surface area contributed by atoms with Crippen LogP contribution >= 0.6 is 11.8 Å². The molecule has 1 amide bonds. The minimum Gasteiger partial charge on any atom is -0.493 e. The molecular weight excluding hydrogens is 338 g/mol. The van der Waals surface area contributed by atoms with Gasteiger partial charge in [0.25, 0.3) is 5.91 Å². The molecule has 128 valence electrons. The van der Waals surface area contributed by atoms with Gasteiger partial charge in [-0.2, -0.15) is 0 Å². The fourth-order valence-electron chi connectivity index (χ4n) is 2.22. The third kappa shape index (κ3) is 4.19. The first kappa shape index (κ1) is 17.0. The van der Waals surface area contributed by atoms with Crippen molar-refractivity contribution in [2.45, 2.75) is 6.92 Å². The molecule has 1 N–H and O–H groups in total. The van der Waals surface area contributed by atoms with Crippen molar-refractivity contribution in [3.63, 3.8) is 0 Å². The second-order valence-electron chi connectivity index (χ2n) is 5.04. The smallest absolute Gasteiger partial charge is 0.264 e. The molecule has 1 saturated heterocycles. The molecule has 1 aliphatic rings. The molecule has 0 unspecified atom stereocenters. The number of carbonyl (C=O) groups excluding carboxylic acids is 1. The molecule has 0 spiro atoms. The summed E-state index contributed by atoms with van der Waals surface area (Å²) in [7, 11) is 1.59. The fraction of sp³-hybridized carbons (Fsp3) is 0.167. The molecule has 6 nitrogen and oxygen atoms in total. The largest absolute Gasteiger partial charge is 0.493 e. The maximum atomic E-state index is 12.2. The lowest BCUT2D eigenvalue weighted by Crippen LogP contribution is -2.19. The van der Waals surface area contributed by atoms with E-state index in [0.29, 0.717) is 33.9 Å². The first-order chi connectivity index (χ1) is 12.2. The number of aliphatic imine (C=N–C) groups is 1. The van der Waals surface area contributed by atoms with Gasteiger partial charge in [-0.3, -0.25) is 9.78 Å². The summed E-state index contributed by atoms with van der Waals surface area (Å²) in [5.74, 6) is 1.12. The van der Waals surface area contributed by atoms with Gasteiger partial charge in [0.05, 0.1) is 30.5 Å². The van der Waals surface area contributed by atoms with E-state index in [9.17, 15) is 4.79 Å². The van der Waals surface area contributed by atoms with Gasteiger partial charge in [0, 0.05) is 6.20 Å². The van der Waals surface area contributed by atoms with Crippen molar-refractivity contribution in [1.82, 2.24) is 10.3 Å². The number of aromatic nitrogens is 1. The minimum absolute atomic E-state index is 0.180. The normalized spacial score (nSPS) is 17.0. The Bertz CT molecular complexity index is 835. The van der Waals surface area contributed by atoms with Crippen LogP contribution in [0, 0.1) is 0 Å². The molecule has 1 aromatic heterocycles. The van der Waals surface area contributed by atoms with Crippen molar-refractivity contribution in [2.75, 3.05) is 13.7 Å². The molecule has 7 heteroatoms. The topological polar surface area (TPSA) is 72.8 Å². The fourth-order valence-corrected chi connectivity index (χ4v) is 3.06. The van der Waals surface area contributed by atoms with E-state index >= 15 is 0 Å². The maximum Gasteiger partial charge on any atom is 0.264 e. The zero-order valence-corrected chi connectivity index (χ0v) is 14.7. The molecule has 25 heavy (non-hydrogen) atoms. The molecule has 3 rings (SSSR count). The molecule has 0 atom stereocenters. The number of hydrogen-bond acceptors (Lipinski definition) is 6. The number of nitrogens with one attached hydrogen (secondary N) is 1. The van der Waals surface area contributed by atoms with E-state index in [-0.39, 0.29) is 5.91 Å². The van der Waals surface area contributed by atoms with Gasteiger partial charge in [-0.1, -0.05) is 6.07 Å². The zero-order valence-electron chi connectivity index (χ0n) is 13.9. The average Bonchev–Trinajstić information content (AvgIpc) is 2.96. The van der Waals surface area contributed by atoms with Gasteiger partial charge in [-0.25, -0.2) is 4.99 Å². The Labute approximate surface area is 150 Å². The van der Waals surface area contributed by atoms with Crippen molar-refractivity contribution < 1.29 is 14.3 Å². The van der Waals surface area contributed by atoms with E-state index in [1.807, 2.05) is 31.2 Å². The second-order valence-corrected chi connectivity index (χ2v) is 6.07. The summed E-state index contributed by atoms with van der Waals surface area (Å²) >= 11 is 1.29. The Balaban J connectivity index is 1.82. The first-order valence-corrected chi connectivity index (χ1v) is 8.51. The molecule has 0 aliphatic carbocycles. The Morgan fingerprint density at radius 1 is 1.32 bits per heavy atom. The van der Waals surface area contributed by atoms with Gasteiger partial charge in [-0.15, -0.1) is 0 Å². The number of rotatable bonds is 5. The van der Waals surface area contributed by atoms with Crippen LogP contribution in [0.1, 0.15) is 12.5 Å². The number of nitrogens with zero attached hydrogens (tertiary/aromatic N) is 2. The summed E-state index contributed by atoms with van der Waals surface area (Å²) in [4.78, 5) is 21.1. The molecule has 1 fully saturated rings. The lowest BCUT2D eigenvalue weighted by molar-refractivity contribution is -0.115. The number of amides is 1. The molecule has 2 aromatic rings. The summed E-state index contributed by atoms with van der Waals surface area (Å²) in [6.45, 7) is 2.47. The predicted octanol–water partition coefficient (Wildman–Crippen LogP) is 3.38. The Morgan fingerprint density at radius 2 is 2.20 bits per heavy atom. The standard InChI is InChI=1S/C18H17N3O3S/c1-3-24-14-7-6-12(9-15(14)23-2)10-16-17(22)21-18(25-16)20-13-5-4-8-19-11-13/h4-11H,3H2,1-2H3,(H,20,21,22)/b16-10-. The van der Waals surface area contributed by atoms with Crippen LogP contribution in [0.3, 0.4) is 0 Å². The third-order valence-corrected chi connectivity index (χ3v) is 4.22. The first-order valence-electron chi connectivity index (χ1n) is 7.70. The lowest BCUT2D eigenvalue weighted by atomic mass is 10.2. The number of amidine groups is 1. The van der Waals surface area contributed by atoms with Crippen LogP contribution in [0.4, 0.5) is 5.69 Å². The van der Waals surface area contributed by atoms with E-state index in [2.05, 4.69) is 15.3 Å². The number of pyridine rings is 1. The van der Waals surface area contributed by atoms with Crippen molar-refractivity contribution in [3.05, 3.63) is 53.2 Å². The van der Waals surface area contributed by atoms with Crippen molar-refractivity contribution in [1.29, 1.82) is 0 Å². The number of ether oxygens (including phenoxy) is 2. The summed E-state index contributed by atoms with van der Waals surface area (Å²) in [5, 5.41) is 3.28. The Hall–Kier alpha value is -2.80. The van der Waals surface area contributed by atoms with Crippen LogP contribution in [0.5, 0.6) is 11.5 Å². The van der Waals surface area contributed by atoms with E-state index in [0.717, 1.165) is 5.56 Å². The summed E-state index contributed by atoms with van der Waals surface area (Å²) in [6, 6.07) is 9.17. The van der Waals surface area contributed by atoms with Crippen molar-refractivity contribution in [3.8, 4) is 11.5 Å². The van der Waals surface area contributed by atoms with E-state index in [1.165, 1.54) is 11.8 Å². The van der Waals surface area contributed by atoms with Gasteiger partial charge in [0.1, 0.15) is 0 Å². The van der Waals surface area contributed by atoms with Gasteiger partial charge in [0.15, 0.2) is 16.7 Å². The molecule has 2 heterocycles. The second kappa shape index (κ2) is 7.85.